The van der Waals surface area contributed by atoms with Gasteiger partial charge < -0.3 is 10.1 Å². The first-order chi connectivity index (χ1) is 11.3. The van der Waals surface area contributed by atoms with Crippen molar-refractivity contribution in [2.24, 2.45) is 0 Å². The van der Waals surface area contributed by atoms with E-state index >= 15 is 0 Å². The van der Waals surface area contributed by atoms with E-state index < -0.39 is 0 Å². The average Bonchev–Trinajstić information content (AvgIpc) is 2.59. The first kappa shape index (κ1) is 17.2. The molecule has 23 heavy (non-hydrogen) atoms. The van der Waals surface area contributed by atoms with Gasteiger partial charge in [0.15, 0.2) is 0 Å². The van der Waals surface area contributed by atoms with Gasteiger partial charge in [0.25, 0.3) is 0 Å². The second-order valence-electron chi connectivity index (χ2n) is 5.52. The van der Waals surface area contributed by atoms with E-state index in [-0.39, 0.29) is 12.0 Å². The highest BCUT2D eigenvalue weighted by molar-refractivity contribution is 5.69. The van der Waals surface area contributed by atoms with Crippen LogP contribution in [0.25, 0.3) is 0 Å². The molecular weight excluding hydrogens is 286 g/mol. The van der Waals surface area contributed by atoms with Gasteiger partial charge in [0.2, 0.25) is 0 Å². The van der Waals surface area contributed by atoms with Crippen molar-refractivity contribution in [1.82, 2.24) is 5.32 Å². The first-order valence-electron chi connectivity index (χ1n) is 8.27. The van der Waals surface area contributed by atoms with Crippen molar-refractivity contribution in [1.29, 1.82) is 0 Å². The maximum absolute atomic E-state index is 11.4. The molecule has 0 radical (unpaired) electrons. The van der Waals surface area contributed by atoms with Crippen LogP contribution in [0.1, 0.15) is 36.9 Å². The van der Waals surface area contributed by atoms with E-state index in [0.717, 1.165) is 19.4 Å². The molecule has 2 aromatic rings. The minimum absolute atomic E-state index is 0.117. The first-order valence-corrected chi connectivity index (χ1v) is 8.27. The Morgan fingerprint density at radius 3 is 2.35 bits per heavy atom. The number of nitrogens with one attached hydrogen (secondary N) is 1. The fourth-order valence-electron chi connectivity index (χ4n) is 2.59. The molecule has 0 amide bonds. The van der Waals surface area contributed by atoms with Crippen molar-refractivity contribution in [3.8, 4) is 0 Å². The summed E-state index contributed by atoms with van der Waals surface area (Å²) in [6.07, 6.45) is 2.19. The molecule has 1 atom stereocenters. The van der Waals surface area contributed by atoms with Gasteiger partial charge in [-0.05, 0) is 37.4 Å². The van der Waals surface area contributed by atoms with E-state index in [1.54, 1.807) is 0 Å². The summed E-state index contributed by atoms with van der Waals surface area (Å²) in [6.45, 7) is 3.08. The Labute approximate surface area is 138 Å². The van der Waals surface area contributed by atoms with Gasteiger partial charge in [0, 0.05) is 12.5 Å². The van der Waals surface area contributed by atoms with Gasteiger partial charge in [-0.3, -0.25) is 4.79 Å². The molecule has 1 N–H and O–H groups in total. The highest BCUT2D eigenvalue weighted by atomic mass is 16.5. The maximum Gasteiger partial charge on any atom is 0.305 e. The van der Waals surface area contributed by atoms with Crippen LogP contribution in [0.4, 0.5) is 0 Å². The minimum atomic E-state index is -0.117. The minimum Gasteiger partial charge on any atom is -0.466 e. The third kappa shape index (κ3) is 6.25. The smallest absolute Gasteiger partial charge is 0.305 e. The lowest BCUT2D eigenvalue weighted by Crippen LogP contribution is -2.25. The molecule has 122 valence electrons. The summed E-state index contributed by atoms with van der Waals surface area (Å²) >= 11 is 0. The largest absolute Gasteiger partial charge is 0.466 e. The molecule has 0 aromatic heterocycles. The molecule has 0 bridgehead atoms. The second-order valence-corrected chi connectivity index (χ2v) is 5.52. The lowest BCUT2D eigenvalue weighted by atomic mass is 9.99. The van der Waals surface area contributed by atoms with Crippen LogP contribution >= 0.6 is 0 Å². The van der Waals surface area contributed by atoms with Crippen molar-refractivity contribution in [3.05, 3.63) is 71.8 Å². The van der Waals surface area contributed by atoms with Gasteiger partial charge in [-0.25, -0.2) is 0 Å². The predicted octanol–water partition coefficient (Wildman–Crippen LogP) is 3.90. The Balaban J connectivity index is 1.91. The number of esters is 1. The fourth-order valence-corrected chi connectivity index (χ4v) is 2.59. The molecule has 1 unspecified atom stereocenters. The molecule has 0 heterocycles. The van der Waals surface area contributed by atoms with E-state index in [1.165, 1.54) is 11.1 Å². The van der Waals surface area contributed by atoms with Crippen LogP contribution in [0, 0.1) is 0 Å². The Kier molecular flexibility index (Phi) is 7.34. The Hall–Kier alpha value is -2.13. The molecule has 3 heteroatoms. The SMILES string of the molecule is CCOC(=O)CCCNC(Cc1ccccc1)c1ccccc1. The van der Waals surface area contributed by atoms with Gasteiger partial charge in [0.1, 0.15) is 0 Å². The molecule has 0 aliphatic heterocycles. The van der Waals surface area contributed by atoms with E-state index in [4.69, 9.17) is 4.74 Å². The highest BCUT2D eigenvalue weighted by Gasteiger charge is 2.11. The maximum atomic E-state index is 11.4. The normalized spacial score (nSPS) is 11.9. The summed E-state index contributed by atoms with van der Waals surface area (Å²) in [5.74, 6) is -0.117. The number of hydrogen-bond acceptors (Lipinski definition) is 3. The van der Waals surface area contributed by atoms with Crippen LogP contribution in [0.5, 0.6) is 0 Å². The molecule has 0 saturated carbocycles. The number of carbonyl (C=O) groups is 1. The van der Waals surface area contributed by atoms with E-state index in [2.05, 4.69) is 53.8 Å². The third-order valence-corrected chi connectivity index (χ3v) is 3.74. The van der Waals surface area contributed by atoms with E-state index in [9.17, 15) is 4.79 Å². The van der Waals surface area contributed by atoms with Gasteiger partial charge in [-0.1, -0.05) is 60.7 Å². The van der Waals surface area contributed by atoms with Crippen LogP contribution in [0.3, 0.4) is 0 Å². The quantitative estimate of drug-likeness (QED) is 0.564. The molecule has 0 fully saturated rings. The molecule has 2 rings (SSSR count). The zero-order valence-corrected chi connectivity index (χ0v) is 13.7. The Morgan fingerprint density at radius 2 is 1.70 bits per heavy atom. The molecule has 0 aliphatic carbocycles. The van der Waals surface area contributed by atoms with Crippen LogP contribution in [0.2, 0.25) is 0 Å². The van der Waals surface area contributed by atoms with Gasteiger partial charge in [-0.15, -0.1) is 0 Å². The van der Waals surface area contributed by atoms with Crippen LogP contribution < -0.4 is 5.32 Å². The Bertz CT molecular complexity index is 569. The van der Waals surface area contributed by atoms with Crippen LogP contribution in [-0.4, -0.2) is 19.1 Å². The van der Waals surface area contributed by atoms with Gasteiger partial charge in [-0.2, -0.15) is 0 Å². The topological polar surface area (TPSA) is 38.3 Å². The predicted molar refractivity (Wildman–Crippen MR) is 93.2 cm³/mol. The molecule has 0 spiro atoms. The summed E-state index contributed by atoms with van der Waals surface area (Å²) in [7, 11) is 0. The lowest BCUT2D eigenvalue weighted by molar-refractivity contribution is -0.143. The van der Waals surface area contributed by atoms with Crippen molar-refractivity contribution in [2.45, 2.75) is 32.2 Å². The summed E-state index contributed by atoms with van der Waals surface area (Å²) in [4.78, 5) is 11.4. The van der Waals surface area contributed by atoms with Crippen molar-refractivity contribution in [3.63, 3.8) is 0 Å². The number of benzene rings is 2. The van der Waals surface area contributed by atoms with Gasteiger partial charge >= 0.3 is 5.97 Å². The van der Waals surface area contributed by atoms with Crippen LogP contribution in [0.15, 0.2) is 60.7 Å². The number of ether oxygens (including phenoxy) is 1. The molecule has 0 saturated heterocycles. The van der Waals surface area contributed by atoms with Crippen molar-refractivity contribution in [2.75, 3.05) is 13.2 Å². The number of carbonyl (C=O) groups excluding carboxylic acids is 1. The molecule has 2 aromatic carbocycles. The van der Waals surface area contributed by atoms with Gasteiger partial charge in [0.05, 0.1) is 6.61 Å². The monoisotopic (exact) mass is 311 g/mol. The standard InChI is InChI=1S/C20H25NO2/c1-2-23-20(22)14-9-15-21-19(18-12-7-4-8-13-18)16-17-10-5-3-6-11-17/h3-8,10-13,19,21H,2,9,14-16H2,1H3. The summed E-state index contributed by atoms with van der Waals surface area (Å²) in [5.41, 5.74) is 2.58. The van der Waals surface area contributed by atoms with Crippen molar-refractivity contribution < 1.29 is 9.53 Å². The van der Waals surface area contributed by atoms with Crippen molar-refractivity contribution >= 4 is 5.97 Å². The summed E-state index contributed by atoms with van der Waals surface area (Å²) in [5, 5.41) is 3.57. The summed E-state index contributed by atoms with van der Waals surface area (Å²) < 4.78 is 4.96. The van der Waals surface area contributed by atoms with Crippen LogP contribution in [-0.2, 0) is 16.0 Å². The third-order valence-electron chi connectivity index (χ3n) is 3.74. The number of hydrogen-bond donors (Lipinski definition) is 1. The van der Waals surface area contributed by atoms with E-state index in [1.807, 2.05) is 19.1 Å². The number of rotatable bonds is 9. The second kappa shape index (κ2) is 9.80. The highest BCUT2D eigenvalue weighted by Crippen LogP contribution is 2.18. The fraction of sp³-hybridized carbons (Fsp3) is 0.350. The Morgan fingerprint density at radius 1 is 1.04 bits per heavy atom. The molecular formula is C20H25NO2. The van der Waals surface area contributed by atoms with E-state index in [0.29, 0.717) is 13.0 Å². The lowest BCUT2D eigenvalue weighted by Gasteiger charge is -2.19. The summed E-state index contributed by atoms with van der Waals surface area (Å²) in [6, 6.07) is 21.2. The molecule has 0 aliphatic rings. The molecule has 3 nitrogen and oxygen atoms in total. The zero-order valence-electron chi connectivity index (χ0n) is 13.7. The average molecular weight is 311 g/mol. The zero-order chi connectivity index (χ0) is 16.3.